The molecule has 1 amide bonds. The van der Waals surface area contributed by atoms with Crippen LogP contribution in [-0.2, 0) is 4.79 Å². The zero-order valence-electron chi connectivity index (χ0n) is 15.2. The quantitative estimate of drug-likeness (QED) is 0.643. The molecule has 0 bridgehead atoms. The zero-order chi connectivity index (χ0) is 17.9. The van der Waals surface area contributed by atoms with E-state index in [1.807, 2.05) is 18.2 Å². The lowest BCUT2D eigenvalue weighted by Crippen LogP contribution is -2.48. The van der Waals surface area contributed by atoms with E-state index in [1.54, 1.807) is 6.20 Å². The lowest BCUT2D eigenvalue weighted by molar-refractivity contribution is -0.127. The van der Waals surface area contributed by atoms with Crippen LogP contribution in [0.3, 0.4) is 0 Å². The molecule has 6 nitrogen and oxygen atoms in total. The number of nitrogens with zero attached hydrogens (tertiary/aromatic N) is 1. The third kappa shape index (κ3) is 3.77. The SMILES string of the molecule is O=C(NC(c1ccccn1)C1CC(O)C1)C1CNNC1C1CCCCC1. The molecule has 142 valence electrons. The van der Waals surface area contributed by atoms with Gasteiger partial charge in [0.15, 0.2) is 0 Å². The van der Waals surface area contributed by atoms with E-state index < -0.39 is 0 Å². The van der Waals surface area contributed by atoms with E-state index in [4.69, 9.17) is 0 Å². The van der Waals surface area contributed by atoms with E-state index in [9.17, 15) is 9.90 Å². The van der Waals surface area contributed by atoms with Gasteiger partial charge in [0.05, 0.1) is 23.8 Å². The monoisotopic (exact) mass is 358 g/mol. The standard InChI is InChI=1S/C20H30N4O2/c25-15-10-14(11-15)19(17-8-4-5-9-21-17)23-20(26)16-12-22-24-18(16)13-6-2-1-3-7-13/h4-5,8-9,13-16,18-19,22,24-25H,1-3,6-7,10-12H2,(H,23,26). The minimum absolute atomic E-state index is 0.0469. The Morgan fingerprint density at radius 1 is 1.23 bits per heavy atom. The number of rotatable bonds is 5. The third-order valence-electron chi connectivity index (χ3n) is 6.44. The van der Waals surface area contributed by atoms with Crippen molar-refractivity contribution in [3.05, 3.63) is 30.1 Å². The summed E-state index contributed by atoms with van der Waals surface area (Å²) in [4.78, 5) is 17.6. The van der Waals surface area contributed by atoms with Crippen LogP contribution in [0.5, 0.6) is 0 Å². The number of aliphatic hydroxyl groups excluding tert-OH is 1. The molecule has 2 saturated carbocycles. The fraction of sp³-hybridized carbons (Fsp3) is 0.700. The van der Waals surface area contributed by atoms with Crippen LogP contribution in [-0.4, -0.2) is 34.7 Å². The van der Waals surface area contributed by atoms with E-state index >= 15 is 0 Å². The van der Waals surface area contributed by atoms with Gasteiger partial charge >= 0.3 is 0 Å². The van der Waals surface area contributed by atoms with E-state index in [0.29, 0.717) is 12.5 Å². The van der Waals surface area contributed by atoms with Crippen molar-refractivity contribution in [2.75, 3.05) is 6.54 Å². The first-order valence-electron chi connectivity index (χ1n) is 10.1. The van der Waals surface area contributed by atoms with Crippen LogP contribution in [0.1, 0.15) is 56.7 Å². The van der Waals surface area contributed by atoms with Crippen LogP contribution in [0.2, 0.25) is 0 Å². The van der Waals surface area contributed by atoms with Crippen molar-refractivity contribution in [3.8, 4) is 0 Å². The average Bonchev–Trinajstić information content (AvgIpc) is 3.15. The zero-order valence-corrected chi connectivity index (χ0v) is 15.2. The fourth-order valence-electron chi connectivity index (χ4n) is 4.87. The van der Waals surface area contributed by atoms with Gasteiger partial charge in [0, 0.05) is 18.8 Å². The van der Waals surface area contributed by atoms with Crippen molar-refractivity contribution < 1.29 is 9.90 Å². The number of carbonyl (C=O) groups is 1. The number of aromatic nitrogens is 1. The summed E-state index contributed by atoms with van der Waals surface area (Å²) in [5.74, 6) is 0.900. The molecular formula is C20H30N4O2. The number of carbonyl (C=O) groups excluding carboxylic acids is 1. The predicted molar refractivity (Wildman–Crippen MR) is 98.8 cm³/mol. The number of amides is 1. The first-order chi connectivity index (χ1) is 12.7. The third-order valence-corrected chi connectivity index (χ3v) is 6.44. The topological polar surface area (TPSA) is 86.3 Å². The summed E-state index contributed by atoms with van der Waals surface area (Å²) in [5, 5.41) is 13.0. The first kappa shape index (κ1) is 17.9. The molecule has 1 saturated heterocycles. The Bertz CT molecular complexity index is 599. The molecule has 3 atom stereocenters. The van der Waals surface area contributed by atoms with Crippen molar-refractivity contribution >= 4 is 5.91 Å². The van der Waals surface area contributed by atoms with Crippen molar-refractivity contribution in [2.45, 2.75) is 63.1 Å². The minimum atomic E-state index is -0.243. The molecule has 1 aliphatic heterocycles. The Morgan fingerprint density at radius 2 is 2.04 bits per heavy atom. The van der Waals surface area contributed by atoms with Crippen LogP contribution in [0, 0.1) is 17.8 Å². The van der Waals surface area contributed by atoms with E-state index in [-0.39, 0.29) is 35.9 Å². The van der Waals surface area contributed by atoms with Crippen LogP contribution in [0.25, 0.3) is 0 Å². The Hall–Kier alpha value is -1.50. The molecule has 3 unspecified atom stereocenters. The molecule has 0 radical (unpaired) electrons. The van der Waals surface area contributed by atoms with Gasteiger partial charge in [-0.05, 0) is 49.7 Å². The van der Waals surface area contributed by atoms with Crippen molar-refractivity contribution in [3.63, 3.8) is 0 Å². The highest BCUT2D eigenvalue weighted by Crippen LogP contribution is 2.38. The maximum absolute atomic E-state index is 13.1. The molecule has 4 rings (SSSR count). The summed E-state index contributed by atoms with van der Waals surface area (Å²) >= 11 is 0. The van der Waals surface area contributed by atoms with Gasteiger partial charge < -0.3 is 10.4 Å². The van der Waals surface area contributed by atoms with Crippen LogP contribution in [0.15, 0.2) is 24.4 Å². The van der Waals surface area contributed by atoms with Gasteiger partial charge in [0.1, 0.15) is 0 Å². The number of hydrogen-bond donors (Lipinski definition) is 4. The second kappa shape index (κ2) is 8.03. The van der Waals surface area contributed by atoms with Gasteiger partial charge in [-0.1, -0.05) is 25.3 Å². The Kier molecular flexibility index (Phi) is 5.52. The highest BCUT2D eigenvalue weighted by Gasteiger charge is 2.41. The van der Waals surface area contributed by atoms with E-state index in [2.05, 4.69) is 21.2 Å². The second-order valence-corrected chi connectivity index (χ2v) is 8.18. The molecule has 3 aliphatic rings. The summed E-state index contributed by atoms with van der Waals surface area (Å²) < 4.78 is 0. The van der Waals surface area contributed by atoms with Crippen LogP contribution >= 0.6 is 0 Å². The Balaban J connectivity index is 1.45. The van der Waals surface area contributed by atoms with Crippen LogP contribution in [0.4, 0.5) is 0 Å². The molecule has 3 fully saturated rings. The Labute approximate surface area is 155 Å². The highest BCUT2D eigenvalue weighted by atomic mass is 16.3. The molecule has 1 aromatic rings. The number of hydrazine groups is 1. The molecule has 0 spiro atoms. The summed E-state index contributed by atoms with van der Waals surface area (Å²) in [5.41, 5.74) is 7.47. The molecule has 1 aromatic heterocycles. The molecule has 2 aliphatic carbocycles. The fourth-order valence-corrected chi connectivity index (χ4v) is 4.87. The first-order valence-corrected chi connectivity index (χ1v) is 10.1. The molecule has 6 heteroatoms. The predicted octanol–water partition coefficient (Wildman–Crippen LogP) is 1.68. The largest absolute Gasteiger partial charge is 0.393 e. The number of aliphatic hydroxyl groups is 1. The van der Waals surface area contributed by atoms with Crippen molar-refractivity contribution in [1.82, 2.24) is 21.2 Å². The van der Waals surface area contributed by atoms with Gasteiger partial charge in [0.2, 0.25) is 5.91 Å². The van der Waals surface area contributed by atoms with Gasteiger partial charge in [-0.25, -0.2) is 0 Å². The molecule has 26 heavy (non-hydrogen) atoms. The smallest absolute Gasteiger partial charge is 0.226 e. The maximum Gasteiger partial charge on any atom is 0.226 e. The summed E-state index contributed by atoms with van der Waals surface area (Å²) in [6.07, 6.45) is 9.27. The number of nitrogens with one attached hydrogen (secondary N) is 3. The van der Waals surface area contributed by atoms with Gasteiger partial charge in [-0.3, -0.25) is 20.6 Å². The molecule has 4 N–H and O–H groups in total. The number of pyridine rings is 1. The van der Waals surface area contributed by atoms with Crippen LogP contribution < -0.4 is 16.2 Å². The normalized spacial score (nSPS) is 33.4. The summed E-state index contributed by atoms with van der Waals surface area (Å²) in [6.45, 7) is 0.676. The molecule has 0 aromatic carbocycles. The summed E-state index contributed by atoms with van der Waals surface area (Å²) in [7, 11) is 0. The summed E-state index contributed by atoms with van der Waals surface area (Å²) in [6, 6.07) is 5.92. The average molecular weight is 358 g/mol. The lowest BCUT2D eigenvalue weighted by Gasteiger charge is -2.38. The van der Waals surface area contributed by atoms with Gasteiger partial charge in [-0.15, -0.1) is 0 Å². The molecule has 2 heterocycles. The van der Waals surface area contributed by atoms with Gasteiger partial charge in [0.25, 0.3) is 0 Å². The van der Waals surface area contributed by atoms with Crippen molar-refractivity contribution in [2.24, 2.45) is 17.8 Å². The maximum atomic E-state index is 13.1. The minimum Gasteiger partial charge on any atom is -0.393 e. The Morgan fingerprint density at radius 3 is 2.73 bits per heavy atom. The highest BCUT2D eigenvalue weighted by molar-refractivity contribution is 5.80. The van der Waals surface area contributed by atoms with E-state index in [0.717, 1.165) is 18.5 Å². The van der Waals surface area contributed by atoms with Gasteiger partial charge in [-0.2, -0.15) is 0 Å². The molecular weight excluding hydrogens is 328 g/mol. The second-order valence-electron chi connectivity index (χ2n) is 8.18. The van der Waals surface area contributed by atoms with Crippen molar-refractivity contribution in [1.29, 1.82) is 0 Å². The lowest BCUT2D eigenvalue weighted by atomic mass is 9.75. The van der Waals surface area contributed by atoms with E-state index in [1.165, 1.54) is 32.1 Å². The number of hydrogen-bond acceptors (Lipinski definition) is 5.